The predicted molar refractivity (Wildman–Crippen MR) is 65.7 cm³/mol. The molecular formula is C10H19N5O2. The van der Waals surface area contributed by atoms with Gasteiger partial charge in [0.2, 0.25) is 11.9 Å². The highest BCUT2D eigenvalue weighted by molar-refractivity contribution is 5.36. The number of hydrogen-bond acceptors (Lipinski definition) is 7. The topological polar surface area (TPSA) is 72.4 Å². The summed E-state index contributed by atoms with van der Waals surface area (Å²) < 4.78 is 10.3. The Morgan fingerprint density at radius 1 is 1.18 bits per heavy atom. The van der Waals surface area contributed by atoms with Crippen LogP contribution in [0.4, 0.5) is 11.9 Å². The molecule has 0 saturated heterocycles. The maximum Gasteiger partial charge on any atom is 0.323 e. The molecule has 0 unspecified atom stereocenters. The quantitative estimate of drug-likeness (QED) is 0.692. The fourth-order valence-electron chi connectivity index (χ4n) is 1.06. The molecule has 0 fully saturated rings. The fourth-order valence-corrected chi connectivity index (χ4v) is 1.06. The summed E-state index contributed by atoms with van der Waals surface area (Å²) in [7, 11) is 5.35. The zero-order valence-corrected chi connectivity index (χ0v) is 10.7. The first kappa shape index (κ1) is 13.4. The molecule has 0 aromatic carbocycles. The molecule has 0 amide bonds. The van der Waals surface area contributed by atoms with Gasteiger partial charge in [-0.05, 0) is 6.92 Å². The minimum Gasteiger partial charge on any atom is -0.461 e. The Morgan fingerprint density at radius 2 is 1.94 bits per heavy atom. The van der Waals surface area contributed by atoms with Gasteiger partial charge in [-0.25, -0.2) is 0 Å². The third-order valence-electron chi connectivity index (χ3n) is 1.86. The maximum absolute atomic E-state index is 5.37. The van der Waals surface area contributed by atoms with Crippen molar-refractivity contribution < 1.29 is 9.47 Å². The lowest BCUT2D eigenvalue weighted by atomic mass is 10.7. The van der Waals surface area contributed by atoms with E-state index in [1.54, 1.807) is 12.0 Å². The van der Waals surface area contributed by atoms with Crippen molar-refractivity contribution in [2.45, 2.75) is 6.92 Å². The molecule has 0 radical (unpaired) electrons. The van der Waals surface area contributed by atoms with E-state index in [-0.39, 0.29) is 0 Å². The monoisotopic (exact) mass is 241 g/mol. The summed E-state index contributed by atoms with van der Waals surface area (Å²) in [6.45, 7) is 3.64. The lowest BCUT2D eigenvalue weighted by molar-refractivity contribution is 0.141. The van der Waals surface area contributed by atoms with Gasteiger partial charge in [-0.3, -0.25) is 0 Å². The van der Waals surface area contributed by atoms with Crippen LogP contribution in [0.2, 0.25) is 0 Å². The van der Waals surface area contributed by atoms with Crippen molar-refractivity contribution in [1.29, 1.82) is 0 Å². The van der Waals surface area contributed by atoms with Gasteiger partial charge in [0, 0.05) is 27.7 Å². The minimum absolute atomic E-state index is 0.302. The number of anilines is 2. The van der Waals surface area contributed by atoms with E-state index in [1.807, 2.05) is 21.0 Å². The zero-order chi connectivity index (χ0) is 12.7. The van der Waals surface area contributed by atoms with Crippen molar-refractivity contribution in [2.75, 3.05) is 51.2 Å². The van der Waals surface area contributed by atoms with E-state index in [0.717, 1.165) is 6.54 Å². The number of rotatable bonds is 7. The van der Waals surface area contributed by atoms with Gasteiger partial charge in [-0.2, -0.15) is 15.0 Å². The second-order valence-electron chi connectivity index (χ2n) is 3.51. The van der Waals surface area contributed by atoms with Crippen molar-refractivity contribution in [3.63, 3.8) is 0 Å². The number of aromatic nitrogens is 3. The molecule has 1 aromatic heterocycles. The molecule has 0 spiro atoms. The van der Waals surface area contributed by atoms with E-state index >= 15 is 0 Å². The van der Waals surface area contributed by atoms with E-state index in [1.165, 1.54) is 0 Å². The Morgan fingerprint density at radius 3 is 2.53 bits per heavy atom. The number of nitrogens with one attached hydrogen (secondary N) is 1. The van der Waals surface area contributed by atoms with Gasteiger partial charge in [0.15, 0.2) is 0 Å². The summed E-state index contributed by atoms with van der Waals surface area (Å²) in [5, 5.41) is 3.03. The summed E-state index contributed by atoms with van der Waals surface area (Å²) >= 11 is 0. The average molecular weight is 241 g/mol. The Balaban J connectivity index is 2.79. The van der Waals surface area contributed by atoms with Gasteiger partial charge < -0.3 is 19.7 Å². The third kappa shape index (κ3) is 4.39. The van der Waals surface area contributed by atoms with Crippen LogP contribution in [-0.2, 0) is 4.74 Å². The van der Waals surface area contributed by atoms with Gasteiger partial charge >= 0.3 is 6.01 Å². The molecule has 7 nitrogen and oxygen atoms in total. The first-order valence-electron chi connectivity index (χ1n) is 5.46. The average Bonchev–Trinajstić information content (AvgIpc) is 2.29. The van der Waals surface area contributed by atoms with E-state index < -0.39 is 0 Å². The third-order valence-corrected chi connectivity index (χ3v) is 1.86. The van der Waals surface area contributed by atoms with Crippen LogP contribution in [0.5, 0.6) is 6.01 Å². The van der Waals surface area contributed by atoms with Gasteiger partial charge in [0.05, 0.1) is 6.61 Å². The molecule has 0 atom stereocenters. The highest BCUT2D eigenvalue weighted by Gasteiger charge is 2.08. The van der Waals surface area contributed by atoms with Crippen LogP contribution in [0.1, 0.15) is 6.92 Å². The summed E-state index contributed by atoms with van der Waals surface area (Å²) in [6, 6.07) is 0.302. The summed E-state index contributed by atoms with van der Waals surface area (Å²) in [5.74, 6) is 1.07. The van der Waals surface area contributed by atoms with Crippen LogP contribution in [0.25, 0.3) is 0 Å². The molecule has 17 heavy (non-hydrogen) atoms. The lowest BCUT2D eigenvalue weighted by Gasteiger charge is -2.13. The molecule has 96 valence electrons. The molecule has 7 heteroatoms. The molecule has 0 aliphatic carbocycles. The number of methoxy groups -OCH3 is 1. The van der Waals surface area contributed by atoms with Crippen molar-refractivity contribution in [3.05, 3.63) is 0 Å². The van der Waals surface area contributed by atoms with E-state index in [0.29, 0.717) is 31.1 Å². The Bertz CT molecular complexity index is 345. The van der Waals surface area contributed by atoms with Gasteiger partial charge in [0.25, 0.3) is 0 Å². The maximum atomic E-state index is 5.37. The van der Waals surface area contributed by atoms with Crippen molar-refractivity contribution in [1.82, 2.24) is 15.0 Å². The molecule has 1 heterocycles. The Hall–Kier alpha value is -1.63. The molecule has 0 saturated carbocycles. The molecule has 0 aliphatic heterocycles. The SMILES string of the molecule is CCNc1nc(OCCOC)nc(N(C)C)n1. The first-order chi connectivity index (χ1) is 8.17. The van der Waals surface area contributed by atoms with E-state index in [2.05, 4.69) is 20.3 Å². The zero-order valence-electron chi connectivity index (χ0n) is 10.7. The fraction of sp³-hybridized carbons (Fsp3) is 0.700. The first-order valence-corrected chi connectivity index (χ1v) is 5.46. The van der Waals surface area contributed by atoms with Crippen LogP contribution < -0.4 is 15.0 Å². The highest BCUT2D eigenvalue weighted by atomic mass is 16.5. The van der Waals surface area contributed by atoms with Crippen LogP contribution >= 0.6 is 0 Å². The smallest absolute Gasteiger partial charge is 0.323 e. The predicted octanol–water partition coefficient (Wildman–Crippen LogP) is 0.395. The van der Waals surface area contributed by atoms with Crippen LogP contribution in [0.15, 0.2) is 0 Å². The molecule has 1 rings (SSSR count). The van der Waals surface area contributed by atoms with Crippen LogP contribution in [0, 0.1) is 0 Å². The second-order valence-corrected chi connectivity index (χ2v) is 3.51. The molecule has 1 N–H and O–H groups in total. The van der Waals surface area contributed by atoms with Crippen molar-refractivity contribution in [2.24, 2.45) is 0 Å². The number of ether oxygens (including phenoxy) is 2. The van der Waals surface area contributed by atoms with Crippen LogP contribution in [0.3, 0.4) is 0 Å². The molecule has 0 bridgehead atoms. The molecular weight excluding hydrogens is 222 g/mol. The van der Waals surface area contributed by atoms with E-state index in [9.17, 15) is 0 Å². The van der Waals surface area contributed by atoms with Gasteiger partial charge in [0.1, 0.15) is 6.61 Å². The highest BCUT2D eigenvalue weighted by Crippen LogP contribution is 2.12. The second kappa shape index (κ2) is 6.85. The standard InChI is InChI=1S/C10H19N5O2/c1-5-11-8-12-9(15(2)3)14-10(13-8)17-7-6-16-4/h5-7H2,1-4H3,(H,11,12,13,14). The molecule has 0 aliphatic rings. The molecule has 1 aromatic rings. The number of hydrogen-bond donors (Lipinski definition) is 1. The Labute approximate surface area is 101 Å². The summed E-state index contributed by atoms with van der Waals surface area (Å²) in [4.78, 5) is 14.3. The largest absolute Gasteiger partial charge is 0.461 e. The van der Waals surface area contributed by atoms with Gasteiger partial charge in [-0.15, -0.1) is 0 Å². The summed E-state index contributed by atoms with van der Waals surface area (Å²) in [5.41, 5.74) is 0. The lowest BCUT2D eigenvalue weighted by Crippen LogP contribution is -2.17. The van der Waals surface area contributed by atoms with E-state index in [4.69, 9.17) is 9.47 Å². The van der Waals surface area contributed by atoms with Crippen LogP contribution in [-0.4, -0.2) is 55.9 Å². The minimum atomic E-state index is 0.302. The van der Waals surface area contributed by atoms with Crippen molar-refractivity contribution in [3.8, 4) is 6.01 Å². The Kier molecular flexibility index (Phi) is 5.41. The number of nitrogens with zero attached hydrogens (tertiary/aromatic N) is 4. The summed E-state index contributed by atoms with van der Waals surface area (Å²) in [6.07, 6.45) is 0. The van der Waals surface area contributed by atoms with Crippen molar-refractivity contribution >= 4 is 11.9 Å². The van der Waals surface area contributed by atoms with Gasteiger partial charge in [-0.1, -0.05) is 0 Å². The normalized spacial score (nSPS) is 10.1.